The molecule has 4 aromatic rings. The van der Waals surface area contributed by atoms with Gasteiger partial charge in [0.1, 0.15) is 0 Å². The summed E-state index contributed by atoms with van der Waals surface area (Å²) in [6.45, 7) is 4.09. The maximum atomic E-state index is 6.30. The van der Waals surface area contributed by atoms with E-state index in [9.17, 15) is 0 Å². The average Bonchev–Trinajstić information content (AvgIpc) is 3.25. The van der Waals surface area contributed by atoms with Crippen molar-refractivity contribution in [3.8, 4) is 5.95 Å². The monoisotopic (exact) mass is 348 g/mol. The number of aromatic nitrogens is 4. The van der Waals surface area contributed by atoms with Crippen LogP contribution in [0.1, 0.15) is 5.69 Å². The molecule has 1 saturated heterocycles. The first kappa shape index (κ1) is 15.4. The maximum absolute atomic E-state index is 6.30. The van der Waals surface area contributed by atoms with Crippen LogP contribution < -0.4 is 5.73 Å². The normalized spacial score (nSPS) is 15.8. The van der Waals surface area contributed by atoms with Crippen LogP contribution in [0, 0.1) is 0 Å². The zero-order valence-electron chi connectivity index (χ0n) is 14.4. The van der Waals surface area contributed by atoms with Crippen LogP contribution in [0.2, 0.25) is 0 Å². The van der Waals surface area contributed by atoms with Gasteiger partial charge in [-0.2, -0.15) is 9.78 Å². The van der Waals surface area contributed by atoms with Gasteiger partial charge in [-0.15, -0.1) is 0 Å². The molecule has 0 amide bonds. The Balaban J connectivity index is 1.64. The largest absolute Gasteiger partial charge is 0.398 e. The molecule has 5 rings (SSSR count). The standard InChI is InChI=1S/C19H20N6O/c20-13-4-3-7-17-18(13)16(12-24-8-10-26-11-9-24)23-25(17)19-21-14-5-1-2-6-15(14)22-19/h1-7H,8-12,20H2,(H,21,22). The van der Waals surface area contributed by atoms with Crippen LogP contribution in [0.25, 0.3) is 27.9 Å². The summed E-state index contributed by atoms with van der Waals surface area (Å²) in [6.07, 6.45) is 0. The van der Waals surface area contributed by atoms with Gasteiger partial charge in [0.2, 0.25) is 5.95 Å². The quantitative estimate of drug-likeness (QED) is 0.555. The number of ether oxygens (including phenoxy) is 1. The van der Waals surface area contributed by atoms with Gasteiger partial charge in [0.25, 0.3) is 0 Å². The average molecular weight is 348 g/mol. The Morgan fingerprint density at radius 2 is 1.92 bits per heavy atom. The number of anilines is 1. The minimum atomic E-state index is 0.704. The second kappa shape index (κ2) is 6.12. The Morgan fingerprint density at radius 1 is 1.08 bits per heavy atom. The lowest BCUT2D eigenvalue weighted by Gasteiger charge is -2.25. The van der Waals surface area contributed by atoms with Gasteiger partial charge in [-0.05, 0) is 24.3 Å². The highest BCUT2D eigenvalue weighted by molar-refractivity contribution is 5.94. The van der Waals surface area contributed by atoms with E-state index >= 15 is 0 Å². The number of nitrogens with two attached hydrogens (primary N) is 1. The lowest BCUT2D eigenvalue weighted by molar-refractivity contribution is 0.0338. The summed E-state index contributed by atoms with van der Waals surface area (Å²) in [5.41, 5.74) is 10.9. The number of para-hydroxylation sites is 2. The fourth-order valence-electron chi connectivity index (χ4n) is 3.56. The Morgan fingerprint density at radius 3 is 2.77 bits per heavy atom. The van der Waals surface area contributed by atoms with Crippen molar-refractivity contribution in [2.45, 2.75) is 6.54 Å². The highest BCUT2D eigenvalue weighted by atomic mass is 16.5. The fourth-order valence-corrected chi connectivity index (χ4v) is 3.56. The first-order valence-electron chi connectivity index (χ1n) is 8.81. The summed E-state index contributed by atoms with van der Waals surface area (Å²) < 4.78 is 7.31. The number of rotatable bonds is 3. The number of nitrogen functional groups attached to an aromatic ring is 1. The Bertz CT molecular complexity index is 1040. The maximum Gasteiger partial charge on any atom is 0.229 e. The van der Waals surface area contributed by atoms with E-state index in [1.807, 2.05) is 47.1 Å². The zero-order valence-corrected chi connectivity index (χ0v) is 14.4. The lowest BCUT2D eigenvalue weighted by Crippen LogP contribution is -2.35. The fraction of sp³-hybridized carbons (Fsp3) is 0.263. The van der Waals surface area contributed by atoms with Crippen LogP contribution >= 0.6 is 0 Å². The van der Waals surface area contributed by atoms with Crippen LogP contribution in [0.3, 0.4) is 0 Å². The number of fused-ring (bicyclic) bond motifs is 2. The molecule has 1 aliphatic rings. The number of morpholine rings is 1. The van der Waals surface area contributed by atoms with Gasteiger partial charge < -0.3 is 15.5 Å². The van der Waals surface area contributed by atoms with E-state index in [4.69, 9.17) is 20.6 Å². The summed E-state index contributed by atoms with van der Waals surface area (Å²) in [4.78, 5) is 10.4. The van der Waals surface area contributed by atoms with Crippen molar-refractivity contribution in [2.24, 2.45) is 0 Å². The highest BCUT2D eigenvalue weighted by Gasteiger charge is 2.19. The van der Waals surface area contributed by atoms with Crippen molar-refractivity contribution < 1.29 is 4.74 Å². The highest BCUT2D eigenvalue weighted by Crippen LogP contribution is 2.28. The number of aromatic amines is 1. The molecule has 1 aliphatic heterocycles. The molecule has 1 fully saturated rings. The van der Waals surface area contributed by atoms with Crippen molar-refractivity contribution in [3.05, 3.63) is 48.2 Å². The third kappa shape index (κ3) is 2.53. The van der Waals surface area contributed by atoms with Gasteiger partial charge in [0, 0.05) is 30.7 Å². The van der Waals surface area contributed by atoms with Crippen molar-refractivity contribution in [3.63, 3.8) is 0 Å². The second-order valence-corrected chi connectivity index (χ2v) is 6.57. The summed E-state index contributed by atoms with van der Waals surface area (Å²) in [5.74, 6) is 0.704. The van der Waals surface area contributed by atoms with Crippen LogP contribution in [0.5, 0.6) is 0 Å². The minimum absolute atomic E-state index is 0.704. The number of hydrogen-bond acceptors (Lipinski definition) is 5. The molecule has 7 nitrogen and oxygen atoms in total. The molecule has 26 heavy (non-hydrogen) atoms. The summed E-state index contributed by atoms with van der Waals surface area (Å²) in [7, 11) is 0. The van der Waals surface area contributed by atoms with Gasteiger partial charge in [-0.1, -0.05) is 18.2 Å². The van der Waals surface area contributed by atoms with Gasteiger partial charge in [-0.3, -0.25) is 4.90 Å². The number of H-pyrrole nitrogens is 1. The van der Waals surface area contributed by atoms with Crippen LogP contribution in [0.15, 0.2) is 42.5 Å². The molecule has 3 heterocycles. The molecule has 132 valence electrons. The van der Waals surface area contributed by atoms with Crippen molar-refractivity contribution in [2.75, 3.05) is 32.0 Å². The number of nitrogens with zero attached hydrogens (tertiary/aromatic N) is 4. The van der Waals surface area contributed by atoms with Crippen LogP contribution in [-0.4, -0.2) is 51.0 Å². The number of benzene rings is 2. The summed E-state index contributed by atoms with van der Waals surface area (Å²) >= 11 is 0. The number of nitrogens with one attached hydrogen (secondary N) is 1. The Labute approximate surface area is 150 Å². The van der Waals surface area contributed by atoms with E-state index in [1.54, 1.807) is 0 Å². The number of hydrogen-bond donors (Lipinski definition) is 2. The molecule has 2 aromatic carbocycles. The van der Waals surface area contributed by atoms with E-state index in [1.165, 1.54) is 0 Å². The Kier molecular flexibility index (Phi) is 3.62. The Hall–Kier alpha value is -2.90. The molecule has 0 spiro atoms. The second-order valence-electron chi connectivity index (χ2n) is 6.57. The summed E-state index contributed by atoms with van der Waals surface area (Å²) in [5, 5.41) is 5.87. The van der Waals surface area contributed by atoms with E-state index < -0.39 is 0 Å². The lowest BCUT2D eigenvalue weighted by atomic mass is 10.1. The van der Waals surface area contributed by atoms with Gasteiger partial charge in [-0.25, -0.2) is 4.98 Å². The van der Waals surface area contributed by atoms with Gasteiger partial charge >= 0.3 is 0 Å². The third-order valence-corrected chi connectivity index (χ3v) is 4.87. The van der Waals surface area contributed by atoms with E-state index in [-0.39, 0.29) is 0 Å². The molecule has 0 atom stereocenters. The molecule has 0 unspecified atom stereocenters. The molecular formula is C19H20N6O. The van der Waals surface area contributed by atoms with Crippen molar-refractivity contribution >= 4 is 27.6 Å². The SMILES string of the molecule is Nc1cccc2c1c(CN1CCOCC1)nn2-c1nc2ccccc2[nH]1. The summed E-state index contributed by atoms with van der Waals surface area (Å²) in [6, 6.07) is 13.9. The van der Waals surface area contributed by atoms with Crippen LogP contribution in [0.4, 0.5) is 5.69 Å². The predicted octanol–water partition coefficient (Wildman–Crippen LogP) is 2.32. The molecule has 2 aromatic heterocycles. The minimum Gasteiger partial charge on any atom is -0.398 e. The van der Waals surface area contributed by atoms with Crippen LogP contribution in [-0.2, 0) is 11.3 Å². The first-order chi connectivity index (χ1) is 12.8. The number of imidazole rings is 1. The van der Waals surface area contributed by atoms with Crippen molar-refractivity contribution in [1.82, 2.24) is 24.6 Å². The smallest absolute Gasteiger partial charge is 0.229 e. The molecule has 0 radical (unpaired) electrons. The first-order valence-corrected chi connectivity index (χ1v) is 8.81. The van der Waals surface area contributed by atoms with Crippen molar-refractivity contribution in [1.29, 1.82) is 0 Å². The molecule has 0 aliphatic carbocycles. The predicted molar refractivity (Wildman–Crippen MR) is 101 cm³/mol. The van der Waals surface area contributed by atoms with Gasteiger partial charge in [0.15, 0.2) is 0 Å². The third-order valence-electron chi connectivity index (χ3n) is 4.87. The van der Waals surface area contributed by atoms with Gasteiger partial charge in [0.05, 0.1) is 35.5 Å². The van der Waals surface area contributed by atoms with E-state index in [2.05, 4.69) is 9.88 Å². The molecule has 7 heteroatoms. The van der Waals surface area contributed by atoms with E-state index in [0.717, 1.165) is 66.2 Å². The van der Waals surface area contributed by atoms with E-state index in [0.29, 0.717) is 5.95 Å². The topological polar surface area (TPSA) is 85.0 Å². The molecular weight excluding hydrogens is 328 g/mol. The molecule has 3 N–H and O–H groups in total. The zero-order chi connectivity index (χ0) is 17.5. The molecule has 0 saturated carbocycles. The molecule has 0 bridgehead atoms.